The molecule has 4 aromatic rings. The minimum absolute atomic E-state index is 0.0931. The summed E-state index contributed by atoms with van der Waals surface area (Å²) in [5, 5.41) is 18.9. The number of hydrogen-bond donors (Lipinski definition) is 2. The zero-order valence-corrected chi connectivity index (χ0v) is 16.2. The maximum absolute atomic E-state index is 12.7. The summed E-state index contributed by atoms with van der Waals surface area (Å²) >= 11 is 1.41. The molecule has 28 heavy (non-hydrogen) atoms. The minimum Gasteiger partial charge on any atom is -0.466 e. The predicted molar refractivity (Wildman–Crippen MR) is 105 cm³/mol. The lowest BCUT2D eigenvalue weighted by Crippen LogP contribution is -2.41. The average molecular weight is 415 g/mol. The van der Waals surface area contributed by atoms with Crippen LogP contribution in [0.4, 0.5) is 0 Å². The van der Waals surface area contributed by atoms with Crippen molar-refractivity contribution in [2.75, 3.05) is 6.54 Å². The van der Waals surface area contributed by atoms with Gasteiger partial charge in [0.25, 0.3) is 0 Å². The number of thiophene rings is 1. The second-order valence-electron chi connectivity index (χ2n) is 6.12. The molecule has 0 radical (unpaired) electrons. The molecule has 144 valence electrons. The largest absolute Gasteiger partial charge is 0.466 e. The molecular formula is C19H17N3O4S2. The fourth-order valence-corrected chi connectivity index (χ4v) is 4.61. The minimum atomic E-state index is -3.84. The summed E-state index contributed by atoms with van der Waals surface area (Å²) < 4.78 is 35.0. The van der Waals surface area contributed by atoms with Gasteiger partial charge in [-0.15, -0.1) is 0 Å². The van der Waals surface area contributed by atoms with Crippen LogP contribution < -0.4 is 4.72 Å². The SMILES string of the molecule is O=S(=O)(NC[C@@](O)(c1ccsc1)c1ccco1)c1ccc(-n2cccn2)cc1. The molecule has 0 aliphatic rings. The van der Waals surface area contributed by atoms with E-state index in [4.69, 9.17) is 4.42 Å². The highest BCUT2D eigenvalue weighted by Crippen LogP contribution is 2.31. The molecule has 4 rings (SSSR count). The standard InChI is InChI=1S/C19H17N3O4S2/c23-19(15-8-12-27-13-15,18-3-1-11-26-18)14-21-28(24,25)17-6-4-16(5-7-17)22-10-2-9-20-22/h1-13,21,23H,14H2/t19-/m1/s1. The summed E-state index contributed by atoms with van der Waals surface area (Å²) in [4.78, 5) is 0.0931. The molecule has 0 bridgehead atoms. The van der Waals surface area contributed by atoms with E-state index >= 15 is 0 Å². The van der Waals surface area contributed by atoms with Gasteiger partial charge in [-0.3, -0.25) is 0 Å². The molecule has 0 saturated heterocycles. The van der Waals surface area contributed by atoms with Crippen LogP contribution in [0.5, 0.6) is 0 Å². The van der Waals surface area contributed by atoms with Crippen molar-refractivity contribution in [1.82, 2.24) is 14.5 Å². The fourth-order valence-electron chi connectivity index (χ4n) is 2.83. The first-order valence-corrected chi connectivity index (χ1v) is 10.8. The average Bonchev–Trinajstić information content (AvgIpc) is 3.49. The van der Waals surface area contributed by atoms with Crippen molar-refractivity contribution in [3.63, 3.8) is 0 Å². The molecule has 1 atom stereocenters. The second kappa shape index (κ2) is 7.36. The van der Waals surface area contributed by atoms with E-state index in [2.05, 4.69) is 9.82 Å². The Hall–Kier alpha value is -2.72. The molecule has 0 amide bonds. The molecule has 0 unspecified atom stereocenters. The number of furan rings is 1. The lowest BCUT2D eigenvalue weighted by molar-refractivity contribution is 0.0623. The van der Waals surface area contributed by atoms with E-state index in [-0.39, 0.29) is 17.2 Å². The number of nitrogens with one attached hydrogen (secondary N) is 1. The maximum atomic E-state index is 12.7. The third-order valence-electron chi connectivity index (χ3n) is 4.36. The number of sulfonamides is 1. The Labute approximate surface area is 165 Å². The van der Waals surface area contributed by atoms with E-state index in [1.54, 1.807) is 58.9 Å². The Morgan fingerprint density at radius 2 is 2.00 bits per heavy atom. The number of nitrogens with zero attached hydrogens (tertiary/aromatic N) is 2. The molecule has 0 saturated carbocycles. The molecule has 0 aliphatic carbocycles. The fraction of sp³-hybridized carbons (Fsp3) is 0.105. The zero-order chi connectivity index (χ0) is 19.6. The van der Waals surface area contributed by atoms with Gasteiger partial charge in [0.15, 0.2) is 5.60 Å². The third kappa shape index (κ3) is 3.52. The van der Waals surface area contributed by atoms with Crippen LogP contribution in [0, 0.1) is 0 Å². The van der Waals surface area contributed by atoms with Gasteiger partial charge in [0.2, 0.25) is 10.0 Å². The van der Waals surface area contributed by atoms with Gasteiger partial charge in [0, 0.05) is 18.0 Å². The van der Waals surface area contributed by atoms with Gasteiger partial charge in [0.05, 0.1) is 23.4 Å². The normalized spacial score (nSPS) is 14.0. The van der Waals surface area contributed by atoms with E-state index in [0.29, 0.717) is 5.56 Å². The van der Waals surface area contributed by atoms with Crippen LogP contribution in [0.15, 0.2) is 87.3 Å². The smallest absolute Gasteiger partial charge is 0.240 e. The van der Waals surface area contributed by atoms with Crippen molar-refractivity contribution in [3.8, 4) is 5.69 Å². The number of benzene rings is 1. The Bertz CT molecular complexity index is 1080. The number of rotatable bonds is 7. The van der Waals surface area contributed by atoms with Gasteiger partial charge in [-0.25, -0.2) is 17.8 Å². The van der Waals surface area contributed by atoms with Crippen molar-refractivity contribution < 1.29 is 17.9 Å². The van der Waals surface area contributed by atoms with Gasteiger partial charge in [0.1, 0.15) is 5.76 Å². The first-order chi connectivity index (χ1) is 13.5. The van der Waals surface area contributed by atoms with Crippen molar-refractivity contribution >= 4 is 21.4 Å². The first-order valence-electron chi connectivity index (χ1n) is 8.38. The Morgan fingerprint density at radius 3 is 2.61 bits per heavy atom. The molecule has 0 spiro atoms. The highest BCUT2D eigenvalue weighted by atomic mass is 32.2. The second-order valence-corrected chi connectivity index (χ2v) is 8.67. The molecule has 1 aromatic carbocycles. The van der Waals surface area contributed by atoms with Crippen LogP contribution in [0.3, 0.4) is 0 Å². The van der Waals surface area contributed by atoms with Crippen LogP contribution in [0.2, 0.25) is 0 Å². The maximum Gasteiger partial charge on any atom is 0.240 e. The van der Waals surface area contributed by atoms with Crippen molar-refractivity contribution in [2.24, 2.45) is 0 Å². The van der Waals surface area contributed by atoms with Crippen LogP contribution >= 0.6 is 11.3 Å². The summed E-state index contributed by atoms with van der Waals surface area (Å²) in [5.74, 6) is 0.266. The highest BCUT2D eigenvalue weighted by Gasteiger charge is 2.36. The van der Waals surface area contributed by atoms with E-state index in [9.17, 15) is 13.5 Å². The molecule has 0 fully saturated rings. The van der Waals surface area contributed by atoms with Crippen LogP contribution in [0.1, 0.15) is 11.3 Å². The van der Waals surface area contributed by atoms with Gasteiger partial charge in [-0.2, -0.15) is 16.4 Å². The van der Waals surface area contributed by atoms with E-state index < -0.39 is 15.6 Å². The molecule has 7 nitrogen and oxygen atoms in total. The van der Waals surface area contributed by atoms with Crippen LogP contribution in [-0.2, 0) is 15.6 Å². The Morgan fingerprint density at radius 1 is 1.18 bits per heavy atom. The molecule has 0 aliphatic heterocycles. The van der Waals surface area contributed by atoms with Gasteiger partial charge >= 0.3 is 0 Å². The summed E-state index contributed by atoms with van der Waals surface area (Å²) in [6.45, 7) is -0.263. The summed E-state index contributed by atoms with van der Waals surface area (Å²) in [6.07, 6.45) is 4.85. The Kier molecular flexibility index (Phi) is 4.90. The molecular weight excluding hydrogens is 398 g/mol. The van der Waals surface area contributed by atoms with E-state index in [1.165, 1.54) is 29.7 Å². The van der Waals surface area contributed by atoms with Crippen LogP contribution in [0.25, 0.3) is 5.69 Å². The first kappa shape index (κ1) is 18.6. The summed E-state index contributed by atoms with van der Waals surface area (Å²) in [7, 11) is -3.84. The van der Waals surface area contributed by atoms with Gasteiger partial charge < -0.3 is 9.52 Å². The lowest BCUT2D eigenvalue weighted by atomic mass is 9.94. The molecule has 3 aromatic heterocycles. The van der Waals surface area contributed by atoms with E-state index in [0.717, 1.165) is 5.69 Å². The van der Waals surface area contributed by atoms with Crippen molar-refractivity contribution in [2.45, 2.75) is 10.5 Å². The van der Waals surface area contributed by atoms with Crippen molar-refractivity contribution in [1.29, 1.82) is 0 Å². The number of hydrogen-bond acceptors (Lipinski definition) is 6. The lowest BCUT2D eigenvalue weighted by Gasteiger charge is -2.25. The number of aliphatic hydroxyl groups is 1. The third-order valence-corrected chi connectivity index (χ3v) is 6.46. The van der Waals surface area contributed by atoms with Gasteiger partial charge in [-0.05, 0) is 59.3 Å². The van der Waals surface area contributed by atoms with Crippen molar-refractivity contribution in [3.05, 3.63) is 89.3 Å². The summed E-state index contributed by atoms with van der Waals surface area (Å²) in [6, 6.07) is 13.1. The van der Waals surface area contributed by atoms with Crippen LogP contribution in [-0.4, -0.2) is 29.8 Å². The number of aromatic nitrogens is 2. The van der Waals surface area contributed by atoms with Gasteiger partial charge in [-0.1, -0.05) is 0 Å². The highest BCUT2D eigenvalue weighted by molar-refractivity contribution is 7.89. The predicted octanol–water partition coefficient (Wildman–Crippen LogP) is 2.74. The molecule has 9 heteroatoms. The topological polar surface area (TPSA) is 97.4 Å². The molecule has 2 N–H and O–H groups in total. The monoisotopic (exact) mass is 415 g/mol. The zero-order valence-electron chi connectivity index (χ0n) is 14.6. The Balaban J connectivity index is 1.57. The summed E-state index contributed by atoms with van der Waals surface area (Å²) in [5.41, 5.74) is -0.301. The molecule has 3 heterocycles. The quantitative estimate of drug-likeness (QED) is 0.484. The van der Waals surface area contributed by atoms with E-state index in [1.807, 2.05) is 5.38 Å².